The number of rotatable bonds is 1. The fourth-order valence-corrected chi connectivity index (χ4v) is 2.28. The first-order valence-corrected chi connectivity index (χ1v) is 6.31. The van der Waals surface area contributed by atoms with Gasteiger partial charge in [0.1, 0.15) is 11.6 Å². The van der Waals surface area contributed by atoms with Crippen LogP contribution in [0.5, 0.6) is 0 Å². The Morgan fingerprint density at radius 1 is 1.28 bits per heavy atom. The largest absolute Gasteiger partial charge is 0.366 e. The molecule has 2 nitrogen and oxygen atoms in total. The Bertz CT molecular complexity index is 426. The van der Waals surface area contributed by atoms with Crippen LogP contribution in [-0.2, 0) is 0 Å². The summed E-state index contributed by atoms with van der Waals surface area (Å²) in [5, 5.41) is 3.43. The molecule has 1 aliphatic rings. The van der Waals surface area contributed by atoms with Gasteiger partial charge in [-0.1, -0.05) is 20.8 Å². The molecule has 1 aromatic rings. The van der Waals surface area contributed by atoms with E-state index in [0.29, 0.717) is 18.8 Å². The van der Waals surface area contributed by atoms with E-state index in [-0.39, 0.29) is 17.3 Å². The highest BCUT2D eigenvalue weighted by molar-refractivity contribution is 5.48. The zero-order valence-electron chi connectivity index (χ0n) is 11.1. The fourth-order valence-electron chi connectivity index (χ4n) is 2.28. The molecule has 1 fully saturated rings. The SMILES string of the molecule is CC(C)(C)C1CN(c2cc(F)ccc2F)CCN1. The lowest BCUT2D eigenvalue weighted by atomic mass is 9.85. The first-order chi connectivity index (χ1) is 8.38. The van der Waals surface area contributed by atoms with E-state index in [0.717, 1.165) is 12.6 Å². The van der Waals surface area contributed by atoms with Crippen molar-refractivity contribution in [2.75, 3.05) is 24.5 Å². The molecule has 1 saturated heterocycles. The number of nitrogens with one attached hydrogen (secondary N) is 1. The molecule has 0 radical (unpaired) electrons. The third-order valence-electron chi connectivity index (χ3n) is 3.47. The van der Waals surface area contributed by atoms with E-state index in [9.17, 15) is 8.78 Å². The molecule has 1 atom stereocenters. The van der Waals surface area contributed by atoms with Gasteiger partial charge in [-0.3, -0.25) is 0 Å². The third-order valence-corrected chi connectivity index (χ3v) is 3.47. The maximum Gasteiger partial charge on any atom is 0.146 e. The monoisotopic (exact) mass is 254 g/mol. The van der Waals surface area contributed by atoms with Gasteiger partial charge in [0.2, 0.25) is 0 Å². The van der Waals surface area contributed by atoms with Crippen LogP contribution >= 0.6 is 0 Å². The average Bonchev–Trinajstić information content (AvgIpc) is 2.31. The minimum atomic E-state index is -0.391. The van der Waals surface area contributed by atoms with Crippen molar-refractivity contribution >= 4 is 5.69 Å². The molecule has 1 heterocycles. The van der Waals surface area contributed by atoms with E-state index in [1.807, 2.05) is 4.90 Å². The van der Waals surface area contributed by atoms with Crippen molar-refractivity contribution in [3.8, 4) is 0 Å². The normalized spacial score (nSPS) is 21.2. The number of nitrogens with zero attached hydrogens (tertiary/aromatic N) is 1. The minimum absolute atomic E-state index is 0.0997. The average molecular weight is 254 g/mol. The smallest absolute Gasteiger partial charge is 0.146 e. The molecule has 0 bridgehead atoms. The van der Waals surface area contributed by atoms with Crippen LogP contribution in [0.15, 0.2) is 18.2 Å². The second-order valence-electron chi connectivity index (χ2n) is 5.91. The van der Waals surface area contributed by atoms with Gasteiger partial charge in [-0.2, -0.15) is 0 Å². The van der Waals surface area contributed by atoms with Crippen LogP contribution in [0.4, 0.5) is 14.5 Å². The lowest BCUT2D eigenvalue weighted by molar-refractivity contribution is 0.253. The van der Waals surface area contributed by atoms with E-state index in [2.05, 4.69) is 26.1 Å². The van der Waals surface area contributed by atoms with Crippen molar-refractivity contribution in [2.24, 2.45) is 5.41 Å². The van der Waals surface area contributed by atoms with E-state index >= 15 is 0 Å². The van der Waals surface area contributed by atoms with Gasteiger partial charge in [0.15, 0.2) is 0 Å². The summed E-state index contributed by atoms with van der Waals surface area (Å²) in [6.07, 6.45) is 0. The predicted octanol–water partition coefficient (Wildman–Crippen LogP) is 2.79. The molecule has 18 heavy (non-hydrogen) atoms. The summed E-state index contributed by atoms with van der Waals surface area (Å²) < 4.78 is 27.0. The number of halogens is 2. The van der Waals surface area contributed by atoms with Gasteiger partial charge < -0.3 is 10.2 Å². The highest BCUT2D eigenvalue weighted by Gasteiger charge is 2.30. The van der Waals surface area contributed by atoms with Gasteiger partial charge in [0.05, 0.1) is 5.69 Å². The molecule has 4 heteroatoms. The Labute approximate surface area is 107 Å². The Kier molecular flexibility index (Phi) is 3.57. The Hall–Kier alpha value is -1.16. The van der Waals surface area contributed by atoms with E-state index in [1.54, 1.807) is 0 Å². The Morgan fingerprint density at radius 2 is 2.00 bits per heavy atom. The highest BCUT2D eigenvalue weighted by Crippen LogP contribution is 2.26. The van der Waals surface area contributed by atoms with Gasteiger partial charge in [-0.15, -0.1) is 0 Å². The van der Waals surface area contributed by atoms with E-state index in [4.69, 9.17) is 0 Å². The van der Waals surface area contributed by atoms with E-state index in [1.165, 1.54) is 12.1 Å². The van der Waals surface area contributed by atoms with Crippen LogP contribution in [-0.4, -0.2) is 25.7 Å². The van der Waals surface area contributed by atoms with Gasteiger partial charge in [-0.05, 0) is 17.5 Å². The third kappa shape index (κ3) is 2.80. The van der Waals surface area contributed by atoms with Gasteiger partial charge in [0, 0.05) is 31.7 Å². The van der Waals surface area contributed by atoms with Crippen molar-refractivity contribution < 1.29 is 8.78 Å². The number of anilines is 1. The molecular formula is C14H20F2N2. The van der Waals surface area contributed by atoms with Crippen LogP contribution in [0.25, 0.3) is 0 Å². The van der Waals surface area contributed by atoms with Crippen molar-refractivity contribution in [3.05, 3.63) is 29.8 Å². The molecule has 0 aromatic heterocycles. The summed E-state index contributed by atoms with van der Waals surface area (Å²) in [5.74, 6) is -0.747. The molecule has 1 unspecified atom stereocenters. The molecule has 1 N–H and O–H groups in total. The lowest BCUT2D eigenvalue weighted by Gasteiger charge is -2.41. The van der Waals surface area contributed by atoms with Crippen LogP contribution in [0, 0.1) is 17.0 Å². The maximum atomic E-state index is 13.7. The predicted molar refractivity (Wildman–Crippen MR) is 69.8 cm³/mol. The van der Waals surface area contributed by atoms with Crippen molar-refractivity contribution in [2.45, 2.75) is 26.8 Å². The molecule has 0 amide bonds. The Balaban J connectivity index is 2.21. The second kappa shape index (κ2) is 4.84. The minimum Gasteiger partial charge on any atom is -0.366 e. The molecular weight excluding hydrogens is 234 g/mol. The number of benzene rings is 1. The van der Waals surface area contributed by atoms with Crippen molar-refractivity contribution in [1.29, 1.82) is 0 Å². The summed E-state index contributed by atoms with van der Waals surface area (Å²) in [4.78, 5) is 1.92. The van der Waals surface area contributed by atoms with Gasteiger partial charge in [0.25, 0.3) is 0 Å². The summed E-state index contributed by atoms with van der Waals surface area (Å²) in [6.45, 7) is 8.64. The maximum absolute atomic E-state index is 13.7. The van der Waals surface area contributed by atoms with Crippen molar-refractivity contribution in [1.82, 2.24) is 5.32 Å². The number of hydrogen-bond acceptors (Lipinski definition) is 2. The zero-order chi connectivity index (χ0) is 13.3. The first-order valence-electron chi connectivity index (χ1n) is 6.31. The van der Waals surface area contributed by atoms with Crippen LogP contribution in [0.3, 0.4) is 0 Å². The van der Waals surface area contributed by atoms with Gasteiger partial charge in [-0.25, -0.2) is 8.78 Å². The number of piperazine rings is 1. The summed E-state index contributed by atoms with van der Waals surface area (Å²) in [5.41, 5.74) is 0.466. The molecule has 0 saturated carbocycles. The summed E-state index contributed by atoms with van der Waals surface area (Å²) >= 11 is 0. The second-order valence-corrected chi connectivity index (χ2v) is 5.91. The zero-order valence-corrected chi connectivity index (χ0v) is 11.1. The highest BCUT2D eigenvalue weighted by atomic mass is 19.1. The topological polar surface area (TPSA) is 15.3 Å². The van der Waals surface area contributed by atoms with Crippen LogP contribution in [0.1, 0.15) is 20.8 Å². The Morgan fingerprint density at radius 3 is 2.67 bits per heavy atom. The summed E-state index contributed by atoms with van der Waals surface area (Å²) in [7, 11) is 0. The standard InChI is InChI=1S/C14H20F2N2/c1-14(2,3)13-9-18(7-6-17-13)12-8-10(15)4-5-11(12)16/h4-5,8,13,17H,6-7,9H2,1-3H3. The molecule has 0 aliphatic carbocycles. The quantitative estimate of drug-likeness (QED) is 0.829. The first kappa shape index (κ1) is 13.3. The van der Waals surface area contributed by atoms with Crippen LogP contribution in [0.2, 0.25) is 0 Å². The lowest BCUT2D eigenvalue weighted by Crippen LogP contribution is -2.56. The van der Waals surface area contributed by atoms with Gasteiger partial charge >= 0.3 is 0 Å². The molecule has 1 aromatic carbocycles. The molecule has 100 valence electrons. The van der Waals surface area contributed by atoms with Crippen molar-refractivity contribution in [3.63, 3.8) is 0 Å². The molecule has 0 spiro atoms. The molecule has 1 aliphatic heterocycles. The number of hydrogen-bond donors (Lipinski definition) is 1. The molecule has 2 rings (SSSR count). The van der Waals surface area contributed by atoms with E-state index < -0.39 is 5.82 Å². The van der Waals surface area contributed by atoms with Crippen LogP contribution < -0.4 is 10.2 Å². The summed E-state index contributed by atoms with van der Waals surface area (Å²) in [6, 6.07) is 3.90. The fraction of sp³-hybridized carbons (Fsp3) is 0.571.